The summed E-state index contributed by atoms with van der Waals surface area (Å²) in [6.45, 7) is 6.71. The first-order valence-electron chi connectivity index (χ1n) is 9.08. The third-order valence-corrected chi connectivity index (χ3v) is 4.60. The third kappa shape index (κ3) is 4.00. The Labute approximate surface area is 154 Å². The van der Waals surface area contributed by atoms with E-state index in [1.807, 2.05) is 67.6 Å². The first-order valence-corrected chi connectivity index (χ1v) is 9.08. The van der Waals surface area contributed by atoms with Crippen molar-refractivity contribution >= 4 is 22.9 Å². The Kier molecular flexibility index (Phi) is 4.94. The molecule has 0 saturated carbocycles. The van der Waals surface area contributed by atoms with Crippen LogP contribution in [0.15, 0.2) is 30.3 Å². The van der Waals surface area contributed by atoms with E-state index in [4.69, 9.17) is 4.74 Å². The van der Waals surface area contributed by atoms with E-state index in [9.17, 15) is 9.59 Å². The van der Waals surface area contributed by atoms with Crippen molar-refractivity contribution in [2.45, 2.75) is 45.3 Å². The largest absolute Gasteiger partial charge is 0.444 e. The molecule has 1 aromatic heterocycles. The number of hydrogen-bond acceptors (Lipinski definition) is 3. The number of rotatable bonds is 2. The van der Waals surface area contributed by atoms with Crippen LogP contribution in [0.5, 0.6) is 0 Å². The van der Waals surface area contributed by atoms with Crippen LogP contribution in [0.4, 0.5) is 4.79 Å². The number of piperidine rings is 1. The fraction of sp³-hybridized carbons (Fsp3) is 0.500. The summed E-state index contributed by atoms with van der Waals surface area (Å²) >= 11 is 0. The summed E-state index contributed by atoms with van der Waals surface area (Å²) < 4.78 is 7.26. The summed E-state index contributed by atoms with van der Waals surface area (Å²) in [4.78, 5) is 26.8. The number of benzene rings is 1. The van der Waals surface area contributed by atoms with Gasteiger partial charge in [0.2, 0.25) is 0 Å². The SMILES string of the molecule is Cn1c(C(=O)N2CCC[C@@H](NC(=O)OC(C)(C)C)C2)cc2ccccc21. The van der Waals surface area contributed by atoms with E-state index in [1.165, 1.54) is 0 Å². The second-order valence-electron chi connectivity index (χ2n) is 7.88. The number of nitrogens with zero attached hydrogens (tertiary/aromatic N) is 2. The van der Waals surface area contributed by atoms with Gasteiger partial charge >= 0.3 is 6.09 Å². The van der Waals surface area contributed by atoms with Gasteiger partial charge in [-0.25, -0.2) is 4.79 Å². The maximum absolute atomic E-state index is 13.0. The number of fused-ring (bicyclic) bond motifs is 1. The number of para-hydroxylation sites is 1. The van der Waals surface area contributed by atoms with Crippen LogP contribution in [0.1, 0.15) is 44.1 Å². The quantitative estimate of drug-likeness (QED) is 0.897. The highest BCUT2D eigenvalue weighted by Gasteiger charge is 2.28. The van der Waals surface area contributed by atoms with Crippen LogP contribution in [0.25, 0.3) is 10.9 Å². The van der Waals surface area contributed by atoms with Gasteiger partial charge < -0.3 is 19.5 Å². The zero-order chi connectivity index (χ0) is 18.9. The second-order valence-corrected chi connectivity index (χ2v) is 7.88. The highest BCUT2D eigenvalue weighted by molar-refractivity contribution is 5.98. The van der Waals surface area contributed by atoms with Crippen LogP contribution in [0, 0.1) is 0 Å². The smallest absolute Gasteiger partial charge is 0.407 e. The van der Waals surface area contributed by atoms with Gasteiger partial charge in [-0.2, -0.15) is 0 Å². The van der Waals surface area contributed by atoms with Gasteiger partial charge in [-0.3, -0.25) is 4.79 Å². The number of alkyl carbamates (subject to hydrolysis) is 1. The van der Waals surface area contributed by atoms with Crippen LogP contribution in [0.2, 0.25) is 0 Å². The summed E-state index contributed by atoms with van der Waals surface area (Å²) in [5.41, 5.74) is 1.18. The number of aryl methyl sites for hydroxylation is 1. The normalized spacial score (nSPS) is 18.0. The minimum Gasteiger partial charge on any atom is -0.444 e. The van der Waals surface area contributed by atoms with E-state index >= 15 is 0 Å². The highest BCUT2D eigenvalue weighted by Crippen LogP contribution is 2.21. The van der Waals surface area contributed by atoms with Crippen molar-refractivity contribution in [2.24, 2.45) is 7.05 Å². The van der Waals surface area contributed by atoms with E-state index < -0.39 is 11.7 Å². The molecule has 1 aliphatic rings. The Morgan fingerprint density at radius 3 is 2.65 bits per heavy atom. The van der Waals surface area contributed by atoms with Gasteiger partial charge in [0.05, 0.1) is 0 Å². The number of likely N-dealkylation sites (tertiary alicyclic amines) is 1. The summed E-state index contributed by atoms with van der Waals surface area (Å²) in [5, 5.41) is 3.95. The average molecular weight is 357 g/mol. The van der Waals surface area contributed by atoms with Crippen molar-refractivity contribution in [1.82, 2.24) is 14.8 Å². The van der Waals surface area contributed by atoms with Crippen LogP contribution >= 0.6 is 0 Å². The van der Waals surface area contributed by atoms with Crippen molar-refractivity contribution in [2.75, 3.05) is 13.1 Å². The highest BCUT2D eigenvalue weighted by atomic mass is 16.6. The van der Waals surface area contributed by atoms with Gasteiger partial charge in [0.25, 0.3) is 5.91 Å². The standard InChI is InChI=1S/C20H27N3O3/c1-20(2,3)26-19(25)21-15-9-7-11-23(13-15)18(24)17-12-14-8-5-6-10-16(14)22(17)4/h5-6,8,10,12,15H,7,9,11,13H2,1-4H3,(H,21,25)/t15-/m1/s1. The van der Waals surface area contributed by atoms with E-state index in [-0.39, 0.29) is 11.9 Å². The predicted octanol–water partition coefficient (Wildman–Crippen LogP) is 3.31. The minimum absolute atomic E-state index is 0.000566. The van der Waals surface area contributed by atoms with Crippen LogP contribution in [-0.2, 0) is 11.8 Å². The van der Waals surface area contributed by atoms with Crippen molar-refractivity contribution in [3.8, 4) is 0 Å². The lowest BCUT2D eigenvalue weighted by molar-refractivity contribution is 0.0451. The molecule has 0 aliphatic carbocycles. The number of carbonyl (C=O) groups excluding carboxylic acids is 2. The molecule has 0 bridgehead atoms. The van der Waals surface area contributed by atoms with Gasteiger partial charge in [-0.05, 0) is 45.7 Å². The van der Waals surface area contributed by atoms with Gasteiger partial charge in [-0.1, -0.05) is 18.2 Å². The van der Waals surface area contributed by atoms with Gasteiger partial charge in [0.1, 0.15) is 11.3 Å². The second kappa shape index (κ2) is 7.02. The third-order valence-electron chi connectivity index (χ3n) is 4.60. The lowest BCUT2D eigenvalue weighted by Gasteiger charge is -2.33. The average Bonchev–Trinajstić information content (AvgIpc) is 2.90. The monoisotopic (exact) mass is 357 g/mol. The molecule has 1 N–H and O–H groups in total. The van der Waals surface area contributed by atoms with Crippen molar-refractivity contribution < 1.29 is 14.3 Å². The van der Waals surface area contributed by atoms with Gasteiger partial charge in [-0.15, -0.1) is 0 Å². The van der Waals surface area contributed by atoms with E-state index in [0.29, 0.717) is 18.8 Å². The van der Waals surface area contributed by atoms with Crippen LogP contribution in [-0.4, -0.2) is 46.2 Å². The molecule has 0 unspecified atom stereocenters. The molecule has 6 nitrogen and oxygen atoms in total. The Morgan fingerprint density at radius 2 is 1.96 bits per heavy atom. The fourth-order valence-corrected chi connectivity index (χ4v) is 3.41. The molecule has 2 amide bonds. The summed E-state index contributed by atoms with van der Waals surface area (Å²) in [6.07, 6.45) is 1.27. The Balaban J connectivity index is 1.69. The molecular formula is C20H27N3O3. The topological polar surface area (TPSA) is 63.6 Å². The fourth-order valence-electron chi connectivity index (χ4n) is 3.41. The van der Waals surface area contributed by atoms with Crippen LogP contribution in [0.3, 0.4) is 0 Å². The molecule has 3 rings (SSSR count). The number of hydrogen-bond donors (Lipinski definition) is 1. The lowest BCUT2D eigenvalue weighted by atomic mass is 10.1. The number of ether oxygens (including phenoxy) is 1. The lowest BCUT2D eigenvalue weighted by Crippen LogP contribution is -2.50. The number of aromatic nitrogens is 1. The number of nitrogens with one attached hydrogen (secondary N) is 1. The maximum Gasteiger partial charge on any atom is 0.407 e. The number of amides is 2. The van der Waals surface area contributed by atoms with Gasteiger partial charge in [0, 0.05) is 37.1 Å². The van der Waals surface area contributed by atoms with Crippen molar-refractivity contribution in [3.05, 3.63) is 36.0 Å². The Morgan fingerprint density at radius 1 is 1.23 bits per heavy atom. The zero-order valence-electron chi connectivity index (χ0n) is 15.9. The van der Waals surface area contributed by atoms with E-state index in [1.54, 1.807) is 0 Å². The molecular weight excluding hydrogens is 330 g/mol. The van der Waals surface area contributed by atoms with Crippen LogP contribution < -0.4 is 5.32 Å². The molecule has 1 aromatic carbocycles. The minimum atomic E-state index is -0.530. The first-order chi connectivity index (χ1) is 12.2. The molecule has 1 aliphatic heterocycles. The molecule has 26 heavy (non-hydrogen) atoms. The van der Waals surface area contributed by atoms with E-state index in [2.05, 4.69) is 5.32 Å². The van der Waals surface area contributed by atoms with Gasteiger partial charge in [0.15, 0.2) is 0 Å². The van der Waals surface area contributed by atoms with Crippen molar-refractivity contribution in [1.29, 1.82) is 0 Å². The Hall–Kier alpha value is -2.50. The molecule has 0 spiro atoms. The molecule has 6 heteroatoms. The molecule has 2 heterocycles. The number of carbonyl (C=O) groups is 2. The van der Waals surface area contributed by atoms with Crippen molar-refractivity contribution in [3.63, 3.8) is 0 Å². The zero-order valence-corrected chi connectivity index (χ0v) is 15.9. The molecule has 140 valence electrons. The predicted molar refractivity (Wildman–Crippen MR) is 101 cm³/mol. The molecule has 1 fully saturated rings. The van der Waals surface area contributed by atoms with E-state index in [0.717, 1.165) is 23.7 Å². The molecule has 2 aromatic rings. The summed E-state index contributed by atoms with van der Waals surface area (Å²) in [7, 11) is 1.91. The maximum atomic E-state index is 13.0. The molecule has 1 saturated heterocycles. The molecule has 0 radical (unpaired) electrons. The first kappa shape index (κ1) is 18.3. The summed E-state index contributed by atoms with van der Waals surface area (Å²) in [5.74, 6) is -0.000566. The molecule has 1 atom stereocenters. The summed E-state index contributed by atoms with van der Waals surface area (Å²) in [6, 6.07) is 9.81. The Bertz CT molecular complexity index is 819.